The van der Waals surface area contributed by atoms with Crippen LogP contribution >= 0.6 is 11.8 Å². The second kappa shape index (κ2) is 8.59. The minimum atomic E-state index is -0.00977. The van der Waals surface area contributed by atoms with E-state index in [9.17, 15) is 4.79 Å². The molecule has 0 bridgehead atoms. The Hall–Kier alpha value is -1.00. The van der Waals surface area contributed by atoms with Gasteiger partial charge in [-0.1, -0.05) is 43.5 Å². The van der Waals surface area contributed by atoms with Crippen molar-refractivity contribution >= 4 is 17.7 Å². The van der Waals surface area contributed by atoms with E-state index in [2.05, 4.69) is 0 Å². The zero-order valence-corrected chi connectivity index (χ0v) is 14.4. The summed E-state index contributed by atoms with van der Waals surface area (Å²) in [5.74, 6) is 1.08. The number of carbonyl (C=O) groups is 1. The van der Waals surface area contributed by atoms with Crippen molar-refractivity contribution in [2.75, 3.05) is 7.05 Å². The van der Waals surface area contributed by atoms with Crippen LogP contribution in [0.5, 0.6) is 0 Å². The SMILES string of the molecule is CC(SCc1ccc(CO)cc1)C(=O)N(C)C1CCCCC1. The number of benzene rings is 1. The third-order valence-corrected chi connectivity index (χ3v) is 5.72. The molecule has 0 saturated heterocycles. The number of amides is 1. The minimum Gasteiger partial charge on any atom is -0.392 e. The van der Waals surface area contributed by atoms with Gasteiger partial charge in [0.25, 0.3) is 0 Å². The summed E-state index contributed by atoms with van der Waals surface area (Å²) in [6.45, 7) is 2.09. The number of nitrogens with zero attached hydrogens (tertiary/aromatic N) is 1. The van der Waals surface area contributed by atoms with Crippen LogP contribution in [-0.2, 0) is 17.2 Å². The number of aliphatic hydroxyl groups is 1. The molecule has 1 unspecified atom stereocenters. The van der Waals surface area contributed by atoms with Crippen LogP contribution < -0.4 is 0 Å². The summed E-state index contributed by atoms with van der Waals surface area (Å²) in [6, 6.07) is 8.38. The number of rotatable bonds is 6. The molecular weight excluding hydrogens is 294 g/mol. The summed E-state index contributed by atoms with van der Waals surface area (Å²) in [7, 11) is 1.96. The molecule has 1 atom stereocenters. The van der Waals surface area contributed by atoms with Crippen molar-refractivity contribution in [3.63, 3.8) is 0 Å². The molecule has 0 heterocycles. The first-order valence-corrected chi connectivity index (χ1v) is 9.23. The molecule has 22 heavy (non-hydrogen) atoms. The highest BCUT2D eigenvalue weighted by Gasteiger charge is 2.25. The van der Waals surface area contributed by atoms with Gasteiger partial charge in [0, 0.05) is 18.8 Å². The van der Waals surface area contributed by atoms with Gasteiger partial charge < -0.3 is 10.0 Å². The second-order valence-electron chi connectivity index (χ2n) is 6.17. The summed E-state index contributed by atoms with van der Waals surface area (Å²) in [5, 5.41) is 9.04. The van der Waals surface area contributed by atoms with Crippen LogP contribution in [0.15, 0.2) is 24.3 Å². The Morgan fingerprint density at radius 1 is 1.23 bits per heavy atom. The molecule has 1 aliphatic carbocycles. The van der Waals surface area contributed by atoms with Gasteiger partial charge in [-0.05, 0) is 30.9 Å². The maximum Gasteiger partial charge on any atom is 0.235 e. The smallest absolute Gasteiger partial charge is 0.235 e. The average molecular weight is 321 g/mol. The Kier molecular flexibility index (Phi) is 6.77. The molecule has 1 saturated carbocycles. The fraction of sp³-hybridized carbons (Fsp3) is 0.611. The first-order chi connectivity index (χ1) is 10.6. The second-order valence-corrected chi connectivity index (χ2v) is 7.50. The zero-order valence-electron chi connectivity index (χ0n) is 13.6. The van der Waals surface area contributed by atoms with Crippen LogP contribution in [0.2, 0.25) is 0 Å². The van der Waals surface area contributed by atoms with Crippen LogP contribution in [0.3, 0.4) is 0 Å². The largest absolute Gasteiger partial charge is 0.392 e. The number of hydrogen-bond donors (Lipinski definition) is 1. The highest BCUT2D eigenvalue weighted by atomic mass is 32.2. The molecule has 0 aliphatic heterocycles. The molecule has 1 aliphatic rings. The topological polar surface area (TPSA) is 40.5 Å². The Morgan fingerprint density at radius 2 is 1.82 bits per heavy atom. The molecule has 4 heteroatoms. The summed E-state index contributed by atoms with van der Waals surface area (Å²) in [4.78, 5) is 14.5. The van der Waals surface area contributed by atoms with Gasteiger partial charge in [-0.25, -0.2) is 0 Å². The van der Waals surface area contributed by atoms with E-state index in [1.165, 1.54) is 24.8 Å². The Balaban J connectivity index is 1.82. The maximum absolute atomic E-state index is 12.5. The van der Waals surface area contributed by atoms with Gasteiger partial charge in [0.05, 0.1) is 11.9 Å². The Labute approximate surface area is 138 Å². The minimum absolute atomic E-state index is 0.00977. The molecular formula is C18H27NO2S. The van der Waals surface area contributed by atoms with E-state index >= 15 is 0 Å². The van der Waals surface area contributed by atoms with Crippen molar-refractivity contribution in [1.29, 1.82) is 0 Å². The van der Waals surface area contributed by atoms with E-state index in [1.807, 2.05) is 43.1 Å². The summed E-state index contributed by atoms with van der Waals surface area (Å²) in [5.41, 5.74) is 2.12. The van der Waals surface area contributed by atoms with E-state index in [1.54, 1.807) is 11.8 Å². The van der Waals surface area contributed by atoms with Crippen molar-refractivity contribution < 1.29 is 9.90 Å². The fourth-order valence-corrected chi connectivity index (χ4v) is 3.91. The molecule has 0 spiro atoms. The van der Waals surface area contributed by atoms with Gasteiger partial charge in [0.1, 0.15) is 0 Å². The third-order valence-electron chi connectivity index (χ3n) is 4.52. The van der Waals surface area contributed by atoms with Gasteiger partial charge in [-0.15, -0.1) is 11.8 Å². The lowest BCUT2D eigenvalue weighted by atomic mass is 9.94. The summed E-state index contributed by atoms with van der Waals surface area (Å²) < 4.78 is 0. The Morgan fingerprint density at radius 3 is 2.41 bits per heavy atom. The average Bonchev–Trinajstić information content (AvgIpc) is 2.59. The van der Waals surface area contributed by atoms with Crippen LogP contribution in [0.1, 0.15) is 50.2 Å². The quantitative estimate of drug-likeness (QED) is 0.870. The van der Waals surface area contributed by atoms with Crippen LogP contribution in [-0.4, -0.2) is 34.3 Å². The molecule has 2 rings (SSSR count). The molecule has 0 aromatic heterocycles. The van der Waals surface area contributed by atoms with E-state index in [-0.39, 0.29) is 17.8 Å². The summed E-state index contributed by atoms with van der Waals surface area (Å²) in [6.07, 6.45) is 6.12. The molecule has 3 nitrogen and oxygen atoms in total. The first kappa shape index (κ1) is 17.4. The Bertz CT molecular complexity index is 468. The van der Waals surface area contributed by atoms with Crippen LogP contribution in [0.25, 0.3) is 0 Å². The number of aliphatic hydroxyl groups excluding tert-OH is 1. The number of carbonyl (C=O) groups excluding carboxylic acids is 1. The number of hydrogen-bond acceptors (Lipinski definition) is 3. The lowest BCUT2D eigenvalue weighted by molar-refractivity contribution is -0.131. The van der Waals surface area contributed by atoms with E-state index in [0.29, 0.717) is 6.04 Å². The van der Waals surface area contributed by atoms with Crippen molar-refractivity contribution in [2.45, 2.75) is 62.7 Å². The van der Waals surface area contributed by atoms with Crippen molar-refractivity contribution in [3.8, 4) is 0 Å². The molecule has 1 fully saturated rings. The van der Waals surface area contributed by atoms with Crippen LogP contribution in [0, 0.1) is 0 Å². The first-order valence-electron chi connectivity index (χ1n) is 8.18. The van der Waals surface area contributed by atoms with E-state index in [0.717, 1.165) is 24.2 Å². The van der Waals surface area contributed by atoms with E-state index < -0.39 is 0 Å². The maximum atomic E-state index is 12.5. The van der Waals surface area contributed by atoms with Crippen molar-refractivity contribution in [3.05, 3.63) is 35.4 Å². The highest BCUT2D eigenvalue weighted by molar-refractivity contribution is 7.99. The van der Waals surface area contributed by atoms with Gasteiger partial charge in [0.2, 0.25) is 5.91 Å². The molecule has 1 N–H and O–H groups in total. The molecule has 1 aromatic carbocycles. The fourth-order valence-electron chi connectivity index (χ4n) is 2.97. The lowest BCUT2D eigenvalue weighted by Gasteiger charge is -2.32. The van der Waals surface area contributed by atoms with Gasteiger partial charge in [-0.3, -0.25) is 4.79 Å². The monoisotopic (exact) mass is 321 g/mol. The molecule has 1 aromatic rings. The molecule has 0 radical (unpaired) electrons. The normalized spacial score (nSPS) is 17.2. The number of thioether (sulfide) groups is 1. The lowest BCUT2D eigenvalue weighted by Crippen LogP contribution is -2.42. The van der Waals surface area contributed by atoms with Crippen molar-refractivity contribution in [2.24, 2.45) is 0 Å². The molecule has 122 valence electrons. The predicted octanol–water partition coefficient (Wildman–Crippen LogP) is 3.59. The molecule has 1 amide bonds. The van der Waals surface area contributed by atoms with Gasteiger partial charge in [-0.2, -0.15) is 0 Å². The van der Waals surface area contributed by atoms with Gasteiger partial charge >= 0.3 is 0 Å². The predicted molar refractivity (Wildman–Crippen MR) is 92.8 cm³/mol. The zero-order chi connectivity index (χ0) is 15.9. The van der Waals surface area contributed by atoms with Crippen LogP contribution in [0.4, 0.5) is 0 Å². The van der Waals surface area contributed by atoms with E-state index in [4.69, 9.17) is 5.11 Å². The van der Waals surface area contributed by atoms with Crippen molar-refractivity contribution in [1.82, 2.24) is 4.90 Å². The standard InChI is InChI=1S/C18H27NO2S/c1-14(18(21)19(2)17-6-4-3-5-7-17)22-13-16-10-8-15(12-20)9-11-16/h8-11,14,17,20H,3-7,12-13H2,1-2H3. The van der Waals surface area contributed by atoms with Gasteiger partial charge in [0.15, 0.2) is 0 Å². The summed E-state index contributed by atoms with van der Waals surface area (Å²) >= 11 is 1.69. The third kappa shape index (κ3) is 4.75. The highest BCUT2D eigenvalue weighted by Crippen LogP contribution is 2.25.